The maximum Gasteiger partial charge on any atom is 0.332 e. The van der Waals surface area contributed by atoms with Gasteiger partial charge in [-0.05, 0) is 49.7 Å². The summed E-state index contributed by atoms with van der Waals surface area (Å²) in [5.41, 5.74) is 1.56. The molecule has 1 saturated heterocycles. The number of amides is 1. The topological polar surface area (TPSA) is 77.5 Å². The fourth-order valence-corrected chi connectivity index (χ4v) is 6.38. The number of thioether (sulfide) groups is 1. The normalized spacial score (nSPS) is 21.5. The lowest BCUT2D eigenvalue weighted by Gasteiger charge is -2.41. The van der Waals surface area contributed by atoms with Gasteiger partial charge in [-0.1, -0.05) is 30.3 Å². The van der Waals surface area contributed by atoms with Crippen LogP contribution in [0.15, 0.2) is 41.3 Å². The number of anilines is 1. The molecule has 2 aromatic carbocycles. The predicted octanol–water partition coefficient (Wildman–Crippen LogP) is 3.50. The van der Waals surface area contributed by atoms with Gasteiger partial charge in [0, 0.05) is 30.5 Å². The maximum atomic E-state index is 14.2. The summed E-state index contributed by atoms with van der Waals surface area (Å²) in [5, 5.41) is 0. The average Bonchev–Trinajstić information content (AvgIpc) is 3.35. The third kappa shape index (κ3) is 4.54. The standard InChI is InChI=1S/C26H30N2O6S/c1-31-19-8-6-7-18(13-19)16-26(25(30)32-2)24(29)28(12-11-27-9-4-3-5-10-27)20-14-21-22(34-17-33-21)15-23(20)35-26/h6-8,13-15H,3-5,9-12,16-17H2,1-2H3. The zero-order valence-electron chi connectivity index (χ0n) is 20.1. The molecule has 2 aromatic rings. The Labute approximate surface area is 209 Å². The minimum absolute atomic E-state index is 0.135. The second-order valence-corrected chi connectivity index (χ2v) is 10.3. The zero-order chi connectivity index (χ0) is 24.4. The van der Waals surface area contributed by atoms with Crippen LogP contribution in [0.25, 0.3) is 0 Å². The monoisotopic (exact) mass is 498 g/mol. The van der Waals surface area contributed by atoms with Crippen molar-refractivity contribution >= 4 is 29.3 Å². The van der Waals surface area contributed by atoms with Gasteiger partial charge in [-0.3, -0.25) is 4.79 Å². The van der Waals surface area contributed by atoms with Crippen molar-refractivity contribution < 1.29 is 28.5 Å². The molecule has 0 spiro atoms. The number of esters is 1. The number of piperidine rings is 1. The molecule has 8 nitrogen and oxygen atoms in total. The maximum absolute atomic E-state index is 14.2. The van der Waals surface area contributed by atoms with Crippen LogP contribution in [-0.4, -0.2) is 68.7 Å². The number of hydrogen-bond acceptors (Lipinski definition) is 8. The van der Waals surface area contributed by atoms with Crippen molar-refractivity contribution in [1.29, 1.82) is 0 Å². The van der Waals surface area contributed by atoms with E-state index < -0.39 is 10.7 Å². The number of rotatable bonds is 7. The Balaban J connectivity index is 1.55. The Morgan fingerprint density at radius 1 is 1.06 bits per heavy atom. The number of fused-ring (bicyclic) bond motifs is 2. The van der Waals surface area contributed by atoms with E-state index in [4.69, 9.17) is 18.9 Å². The molecule has 0 N–H and O–H groups in total. The Morgan fingerprint density at radius 2 is 1.83 bits per heavy atom. The molecule has 0 bridgehead atoms. The molecule has 3 heterocycles. The summed E-state index contributed by atoms with van der Waals surface area (Å²) in [6, 6.07) is 11.2. The van der Waals surface area contributed by atoms with Crippen molar-refractivity contribution in [2.75, 3.05) is 52.1 Å². The summed E-state index contributed by atoms with van der Waals surface area (Å²) in [7, 11) is 2.92. The van der Waals surface area contributed by atoms with E-state index in [9.17, 15) is 9.59 Å². The van der Waals surface area contributed by atoms with E-state index in [0.29, 0.717) is 23.8 Å². The first kappa shape index (κ1) is 23.8. The summed E-state index contributed by atoms with van der Waals surface area (Å²) in [6.07, 6.45) is 3.75. The first-order chi connectivity index (χ1) is 17.0. The Morgan fingerprint density at radius 3 is 2.57 bits per heavy atom. The fourth-order valence-electron chi connectivity index (χ4n) is 4.96. The van der Waals surface area contributed by atoms with E-state index >= 15 is 0 Å². The van der Waals surface area contributed by atoms with Crippen LogP contribution in [0.1, 0.15) is 24.8 Å². The van der Waals surface area contributed by atoms with Crippen LogP contribution in [0.4, 0.5) is 5.69 Å². The highest BCUT2D eigenvalue weighted by molar-refractivity contribution is 8.02. The first-order valence-electron chi connectivity index (χ1n) is 11.9. The quantitative estimate of drug-likeness (QED) is 0.424. The smallest absolute Gasteiger partial charge is 0.332 e. The number of carbonyl (C=O) groups excluding carboxylic acids is 2. The molecule has 35 heavy (non-hydrogen) atoms. The van der Waals surface area contributed by atoms with Crippen LogP contribution in [-0.2, 0) is 20.7 Å². The van der Waals surface area contributed by atoms with Gasteiger partial charge in [0.15, 0.2) is 11.5 Å². The molecular weight excluding hydrogens is 468 g/mol. The molecule has 9 heteroatoms. The van der Waals surface area contributed by atoms with Gasteiger partial charge in [0.05, 0.1) is 19.9 Å². The molecule has 0 saturated carbocycles. The molecule has 3 aliphatic rings. The molecule has 0 radical (unpaired) electrons. The number of carbonyl (C=O) groups is 2. The molecule has 5 rings (SSSR count). The number of benzene rings is 2. The van der Waals surface area contributed by atoms with Gasteiger partial charge >= 0.3 is 5.97 Å². The van der Waals surface area contributed by atoms with E-state index in [0.717, 1.165) is 35.8 Å². The van der Waals surface area contributed by atoms with Gasteiger partial charge < -0.3 is 28.7 Å². The van der Waals surface area contributed by atoms with E-state index in [-0.39, 0.29) is 19.1 Å². The van der Waals surface area contributed by atoms with Gasteiger partial charge in [-0.2, -0.15) is 0 Å². The summed E-state index contributed by atoms with van der Waals surface area (Å²) in [6.45, 7) is 3.40. The van der Waals surface area contributed by atoms with Crippen LogP contribution in [0, 0.1) is 0 Å². The SMILES string of the molecule is COC(=O)C1(Cc2cccc(OC)c2)Sc2cc3c(cc2N(CCN2CCCCC2)C1=O)OCO3. The Bertz CT molecular complexity index is 1120. The third-order valence-electron chi connectivity index (χ3n) is 6.81. The highest BCUT2D eigenvalue weighted by atomic mass is 32.2. The molecule has 0 aromatic heterocycles. The molecule has 0 aliphatic carbocycles. The Kier molecular flexibility index (Phi) is 6.80. The largest absolute Gasteiger partial charge is 0.497 e. The number of ether oxygens (including phenoxy) is 4. The molecule has 1 unspecified atom stereocenters. The van der Waals surface area contributed by atoms with Gasteiger partial charge in [0.2, 0.25) is 11.5 Å². The predicted molar refractivity (Wildman–Crippen MR) is 133 cm³/mol. The lowest BCUT2D eigenvalue weighted by Crippen LogP contribution is -2.57. The molecule has 186 valence electrons. The molecule has 1 amide bonds. The van der Waals surface area contributed by atoms with Crippen molar-refractivity contribution in [3.63, 3.8) is 0 Å². The van der Waals surface area contributed by atoms with E-state index in [1.807, 2.05) is 36.4 Å². The van der Waals surface area contributed by atoms with Crippen LogP contribution in [0.2, 0.25) is 0 Å². The fraction of sp³-hybridized carbons (Fsp3) is 0.462. The van der Waals surface area contributed by atoms with Gasteiger partial charge in [-0.25, -0.2) is 4.79 Å². The van der Waals surface area contributed by atoms with Crippen LogP contribution in [0.3, 0.4) is 0 Å². The number of methoxy groups -OCH3 is 2. The van der Waals surface area contributed by atoms with Crippen molar-refractivity contribution in [1.82, 2.24) is 4.90 Å². The van der Waals surface area contributed by atoms with Crippen molar-refractivity contribution in [3.8, 4) is 17.2 Å². The summed E-state index contributed by atoms with van der Waals surface area (Å²) >= 11 is 1.23. The lowest BCUT2D eigenvalue weighted by molar-refractivity contribution is -0.147. The molecule has 1 atom stereocenters. The highest BCUT2D eigenvalue weighted by Gasteiger charge is 2.54. The molecule has 3 aliphatic heterocycles. The second kappa shape index (κ2) is 9.99. The molecule has 1 fully saturated rings. The number of likely N-dealkylation sites (tertiary alicyclic amines) is 1. The minimum atomic E-state index is -1.47. The summed E-state index contributed by atoms with van der Waals surface area (Å²) < 4.78 is 20.3. The molecular formula is C26H30N2O6S. The van der Waals surface area contributed by atoms with Crippen molar-refractivity contribution in [2.45, 2.75) is 35.3 Å². The van der Waals surface area contributed by atoms with Crippen LogP contribution < -0.4 is 19.1 Å². The van der Waals surface area contributed by atoms with Crippen molar-refractivity contribution in [3.05, 3.63) is 42.0 Å². The van der Waals surface area contributed by atoms with Gasteiger partial charge in [0.25, 0.3) is 5.91 Å². The number of hydrogen-bond donors (Lipinski definition) is 0. The number of nitrogens with zero attached hydrogens (tertiary/aromatic N) is 2. The first-order valence-corrected chi connectivity index (χ1v) is 12.7. The summed E-state index contributed by atoms with van der Waals surface area (Å²) in [5.74, 6) is 1.05. The zero-order valence-corrected chi connectivity index (χ0v) is 20.9. The minimum Gasteiger partial charge on any atom is -0.497 e. The highest BCUT2D eigenvalue weighted by Crippen LogP contribution is 2.52. The van der Waals surface area contributed by atoms with E-state index in [1.165, 1.54) is 38.1 Å². The summed E-state index contributed by atoms with van der Waals surface area (Å²) in [4.78, 5) is 32.5. The Hall–Kier alpha value is -2.91. The second-order valence-electron chi connectivity index (χ2n) is 8.98. The average molecular weight is 499 g/mol. The third-order valence-corrected chi connectivity index (χ3v) is 8.19. The van der Waals surface area contributed by atoms with E-state index in [1.54, 1.807) is 12.0 Å². The van der Waals surface area contributed by atoms with Gasteiger partial charge in [0.1, 0.15) is 5.75 Å². The van der Waals surface area contributed by atoms with Crippen molar-refractivity contribution in [2.24, 2.45) is 0 Å². The van der Waals surface area contributed by atoms with Gasteiger partial charge in [-0.15, -0.1) is 0 Å². The lowest BCUT2D eigenvalue weighted by atomic mass is 9.95. The van der Waals surface area contributed by atoms with Crippen LogP contribution in [0.5, 0.6) is 17.2 Å². The van der Waals surface area contributed by atoms with E-state index in [2.05, 4.69) is 4.90 Å². The van der Waals surface area contributed by atoms with Crippen LogP contribution >= 0.6 is 11.8 Å².